The molecule has 0 saturated carbocycles. The number of hydrogen-bond acceptors (Lipinski definition) is 4. The molecule has 0 fully saturated rings. The zero-order valence-electron chi connectivity index (χ0n) is 9.48. The number of carbonyl (C=O) groups is 1. The summed E-state index contributed by atoms with van der Waals surface area (Å²) in [5.41, 5.74) is -1.26. The van der Waals surface area contributed by atoms with Gasteiger partial charge in [-0.05, 0) is 20.9 Å². The normalized spacial score (nSPS) is 15.6. The molecule has 1 N–H and O–H groups in total. The topological polar surface area (TPSA) is 47.6 Å². The summed E-state index contributed by atoms with van der Waals surface area (Å²) >= 11 is 0. The molecule has 0 aliphatic carbocycles. The number of rotatable bonds is 6. The van der Waals surface area contributed by atoms with E-state index >= 15 is 0 Å². The van der Waals surface area contributed by atoms with Crippen LogP contribution in [0.1, 0.15) is 13.8 Å². The SMILES string of the molecule is CCOC(=O)C(C)(COCC(F)(F)F)NC. The number of nitrogens with one attached hydrogen (secondary N) is 1. The molecule has 0 rings (SSSR count). The first kappa shape index (κ1) is 15.2. The summed E-state index contributed by atoms with van der Waals surface area (Å²) in [6, 6.07) is 0. The van der Waals surface area contributed by atoms with Crippen LogP contribution in [0.15, 0.2) is 0 Å². The second-order valence-corrected chi connectivity index (χ2v) is 3.41. The lowest BCUT2D eigenvalue weighted by molar-refractivity contribution is -0.182. The van der Waals surface area contributed by atoms with Crippen molar-refractivity contribution in [2.45, 2.75) is 25.6 Å². The summed E-state index contributed by atoms with van der Waals surface area (Å²) in [7, 11) is 1.45. The van der Waals surface area contributed by atoms with Gasteiger partial charge in [0.2, 0.25) is 0 Å². The van der Waals surface area contributed by atoms with Crippen molar-refractivity contribution in [2.24, 2.45) is 0 Å². The van der Waals surface area contributed by atoms with Crippen LogP contribution >= 0.6 is 0 Å². The molecule has 0 heterocycles. The smallest absolute Gasteiger partial charge is 0.411 e. The maximum atomic E-state index is 11.8. The molecular weight excluding hydrogens is 227 g/mol. The minimum absolute atomic E-state index is 0.162. The molecule has 0 aromatic heterocycles. The van der Waals surface area contributed by atoms with Crippen LogP contribution in [-0.4, -0.2) is 44.6 Å². The maximum absolute atomic E-state index is 11.8. The number of alkyl halides is 3. The molecule has 96 valence electrons. The van der Waals surface area contributed by atoms with E-state index in [-0.39, 0.29) is 6.61 Å². The zero-order chi connectivity index (χ0) is 12.8. The van der Waals surface area contributed by atoms with Crippen LogP contribution in [0.2, 0.25) is 0 Å². The molecule has 0 spiro atoms. The van der Waals surface area contributed by atoms with Crippen LogP contribution in [0.25, 0.3) is 0 Å². The van der Waals surface area contributed by atoms with Crippen molar-refractivity contribution in [3.63, 3.8) is 0 Å². The van der Waals surface area contributed by atoms with E-state index in [0.717, 1.165) is 0 Å². The first-order valence-electron chi connectivity index (χ1n) is 4.76. The van der Waals surface area contributed by atoms with E-state index in [4.69, 9.17) is 4.74 Å². The highest BCUT2D eigenvalue weighted by atomic mass is 19.4. The summed E-state index contributed by atoms with van der Waals surface area (Å²) in [6.07, 6.45) is -4.40. The Morgan fingerprint density at radius 1 is 1.31 bits per heavy atom. The van der Waals surface area contributed by atoms with Crippen molar-refractivity contribution in [1.82, 2.24) is 5.32 Å². The zero-order valence-corrected chi connectivity index (χ0v) is 9.48. The van der Waals surface area contributed by atoms with Crippen LogP contribution in [-0.2, 0) is 14.3 Å². The van der Waals surface area contributed by atoms with Gasteiger partial charge < -0.3 is 14.8 Å². The van der Waals surface area contributed by atoms with Crippen molar-refractivity contribution in [3.05, 3.63) is 0 Å². The number of halogens is 3. The lowest BCUT2D eigenvalue weighted by atomic mass is 10.1. The molecule has 0 saturated heterocycles. The molecular formula is C9H16F3NO3. The largest absolute Gasteiger partial charge is 0.465 e. The quantitative estimate of drug-likeness (QED) is 0.710. The monoisotopic (exact) mass is 243 g/mol. The Labute approximate surface area is 92.1 Å². The fourth-order valence-electron chi connectivity index (χ4n) is 0.894. The Kier molecular flexibility index (Phi) is 5.74. The van der Waals surface area contributed by atoms with E-state index in [1.165, 1.54) is 14.0 Å². The van der Waals surface area contributed by atoms with Gasteiger partial charge in [-0.2, -0.15) is 13.2 Å². The predicted octanol–water partition coefficient (Wildman–Crippen LogP) is 1.11. The van der Waals surface area contributed by atoms with Gasteiger partial charge in [0.15, 0.2) is 0 Å². The summed E-state index contributed by atoms with van der Waals surface area (Å²) in [6.45, 7) is 1.41. The van der Waals surface area contributed by atoms with Gasteiger partial charge in [-0.3, -0.25) is 0 Å². The molecule has 0 aromatic carbocycles. The van der Waals surface area contributed by atoms with Crippen LogP contribution in [0.5, 0.6) is 0 Å². The van der Waals surface area contributed by atoms with E-state index in [2.05, 4.69) is 10.1 Å². The first-order chi connectivity index (χ1) is 7.25. The number of likely N-dealkylation sites (N-methyl/N-ethyl adjacent to an activating group) is 1. The third-order valence-corrected chi connectivity index (χ3v) is 1.93. The van der Waals surface area contributed by atoms with Crippen LogP contribution in [0.4, 0.5) is 13.2 Å². The van der Waals surface area contributed by atoms with Crippen molar-refractivity contribution < 1.29 is 27.4 Å². The predicted molar refractivity (Wildman–Crippen MR) is 51.0 cm³/mol. The van der Waals surface area contributed by atoms with E-state index in [1.807, 2.05) is 0 Å². The number of ether oxygens (including phenoxy) is 2. The highest BCUT2D eigenvalue weighted by Gasteiger charge is 2.35. The molecule has 7 heteroatoms. The van der Waals surface area contributed by atoms with Crippen molar-refractivity contribution in [1.29, 1.82) is 0 Å². The molecule has 16 heavy (non-hydrogen) atoms. The van der Waals surface area contributed by atoms with Crippen molar-refractivity contribution in [2.75, 3.05) is 26.9 Å². The Hall–Kier alpha value is -0.820. The lowest BCUT2D eigenvalue weighted by Crippen LogP contribution is -2.52. The first-order valence-corrected chi connectivity index (χ1v) is 4.76. The fraction of sp³-hybridized carbons (Fsp3) is 0.889. The Morgan fingerprint density at radius 3 is 2.25 bits per heavy atom. The third kappa shape index (κ3) is 5.32. The van der Waals surface area contributed by atoms with Crippen LogP contribution in [0, 0.1) is 0 Å². The maximum Gasteiger partial charge on any atom is 0.411 e. The molecule has 0 aromatic rings. The Balaban J connectivity index is 4.22. The Bertz CT molecular complexity index is 233. The molecule has 1 atom stereocenters. The van der Waals surface area contributed by atoms with E-state index in [0.29, 0.717) is 0 Å². The molecule has 0 amide bonds. The molecule has 0 aliphatic rings. The van der Waals surface area contributed by atoms with E-state index < -0.39 is 30.9 Å². The minimum Gasteiger partial charge on any atom is -0.465 e. The summed E-state index contributed by atoms with van der Waals surface area (Å²) in [5, 5.41) is 2.58. The number of carbonyl (C=O) groups excluding carboxylic acids is 1. The van der Waals surface area contributed by atoms with E-state index in [9.17, 15) is 18.0 Å². The average molecular weight is 243 g/mol. The van der Waals surface area contributed by atoms with Gasteiger partial charge in [0, 0.05) is 0 Å². The third-order valence-electron chi connectivity index (χ3n) is 1.93. The van der Waals surface area contributed by atoms with Crippen LogP contribution < -0.4 is 5.32 Å². The van der Waals surface area contributed by atoms with Gasteiger partial charge in [0.1, 0.15) is 12.1 Å². The lowest BCUT2D eigenvalue weighted by Gasteiger charge is -2.26. The van der Waals surface area contributed by atoms with E-state index in [1.54, 1.807) is 6.92 Å². The van der Waals surface area contributed by atoms with Gasteiger partial charge in [-0.1, -0.05) is 0 Å². The van der Waals surface area contributed by atoms with Gasteiger partial charge >= 0.3 is 12.1 Å². The summed E-state index contributed by atoms with van der Waals surface area (Å²) in [5.74, 6) is -0.639. The summed E-state index contributed by atoms with van der Waals surface area (Å²) in [4.78, 5) is 11.4. The average Bonchev–Trinajstić information content (AvgIpc) is 2.15. The second kappa shape index (κ2) is 6.05. The highest BCUT2D eigenvalue weighted by molar-refractivity contribution is 5.80. The Morgan fingerprint density at radius 2 is 1.88 bits per heavy atom. The van der Waals surface area contributed by atoms with Crippen molar-refractivity contribution >= 4 is 5.97 Å². The standard InChI is InChI=1S/C9H16F3NO3/c1-4-16-7(14)8(2,13-3)5-15-6-9(10,11)12/h13H,4-6H2,1-3H3. The minimum atomic E-state index is -4.40. The number of hydrogen-bond donors (Lipinski definition) is 1. The molecule has 0 bridgehead atoms. The van der Waals surface area contributed by atoms with Gasteiger partial charge in [0.25, 0.3) is 0 Å². The van der Waals surface area contributed by atoms with Gasteiger partial charge in [-0.15, -0.1) is 0 Å². The fourth-order valence-corrected chi connectivity index (χ4v) is 0.894. The molecule has 1 unspecified atom stereocenters. The molecule has 4 nitrogen and oxygen atoms in total. The molecule has 0 aliphatic heterocycles. The van der Waals surface area contributed by atoms with Gasteiger partial charge in [-0.25, -0.2) is 4.79 Å². The van der Waals surface area contributed by atoms with Crippen LogP contribution in [0.3, 0.4) is 0 Å². The summed E-state index contributed by atoms with van der Waals surface area (Å²) < 4.78 is 44.6. The van der Waals surface area contributed by atoms with Crippen molar-refractivity contribution in [3.8, 4) is 0 Å². The van der Waals surface area contributed by atoms with Gasteiger partial charge in [0.05, 0.1) is 13.2 Å². The highest BCUT2D eigenvalue weighted by Crippen LogP contribution is 2.16. The second-order valence-electron chi connectivity index (χ2n) is 3.41. The molecule has 0 radical (unpaired) electrons. The number of esters is 1.